The van der Waals surface area contributed by atoms with Crippen LogP contribution in [-0.2, 0) is 25.8 Å². The predicted octanol–water partition coefficient (Wildman–Crippen LogP) is 1.25. The molecule has 1 N–H and O–H groups in total. The second-order valence-electron chi connectivity index (χ2n) is 6.66. The Bertz CT molecular complexity index is 981. The number of aryl methyl sites for hydroxylation is 2. The number of benzene rings is 1. The zero-order valence-electron chi connectivity index (χ0n) is 15.4. The third-order valence-corrected chi connectivity index (χ3v) is 8.67. The van der Waals surface area contributed by atoms with E-state index in [2.05, 4.69) is 10.2 Å². The van der Waals surface area contributed by atoms with Gasteiger partial charge in [-0.1, -0.05) is 30.3 Å². The normalized spacial score (nSPS) is 17.7. The van der Waals surface area contributed by atoms with Crippen molar-refractivity contribution in [2.24, 2.45) is 0 Å². The Labute approximate surface area is 160 Å². The molecule has 0 atom stereocenters. The van der Waals surface area contributed by atoms with Gasteiger partial charge in [-0.3, -0.25) is 5.10 Å². The van der Waals surface area contributed by atoms with Crippen LogP contribution in [0, 0.1) is 13.8 Å². The molecule has 1 aliphatic heterocycles. The molecule has 148 valence electrons. The lowest BCUT2D eigenvalue weighted by molar-refractivity contribution is 0.404. The Morgan fingerprint density at radius 2 is 1.59 bits per heavy atom. The van der Waals surface area contributed by atoms with Gasteiger partial charge in [-0.2, -0.15) is 9.40 Å². The van der Waals surface area contributed by atoms with Crippen molar-refractivity contribution in [3.05, 3.63) is 47.3 Å². The summed E-state index contributed by atoms with van der Waals surface area (Å²) in [6, 6.07) is 8.99. The number of aromatic nitrogens is 2. The quantitative estimate of drug-likeness (QED) is 0.796. The summed E-state index contributed by atoms with van der Waals surface area (Å²) in [5.41, 5.74) is 1.63. The third kappa shape index (κ3) is 4.23. The number of sulfonamides is 2. The number of nitrogens with zero attached hydrogens (tertiary/aromatic N) is 3. The maximum absolute atomic E-state index is 13.0. The summed E-state index contributed by atoms with van der Waals surface area (Å²) in [7, 11) is -7.22. The van der Waals surface area contributed by atoms with Crippen molar-refractivity contribution in [2.75, 3.05) is 26.2 Å². The molecule has 8 nitrogen and oxygen atoms in total. The Kier molecular flexibility index (Phi) is 5.71. The van der Waals surface area contributed by atoms with Crippen molar-refractivity contribution < 1.29 is 16.8 Å². The maximum Gasteiger partial charge on any atom is 0.246 e. The van der Waals surface area contributed by atoms with Crippen LogP contribution in [0.25, 0.3) is 0 Å². The minimum atomic E-state index is -3.71. The van der Waals surface area contributed by atoms with Gasteiger partial charge in [0, 0.05) is 26.2 Å². The van der Waals surface area contributed by atoms with Gasteiger partial charge in [-0.25, -0.2) is 21.1 Å². The number of aromatic amines is 1. The fourth-order valence-electron chi connectivity index (χ4n) is 3.31. The molecule has 0 saturated carbocycles. The van der Waals surface area contributed by atoms with Crippen molar-refractivity contribution in [3.63, 3.8) is 0 Å². The van der Waals surface area contributed by atoms with Crippen LogP contribution >= 0.6 is 0 Å². The molecule has 0 unspecified atom stereocenters. The van der Waals surface area contributed by atoms with Gasteiger partial charge >= 0.3 is 0 Å². The molecule has 2 heterocycles. The SMILES string of the molecule is Cc1n[nH]c(C)c1S(=O)(=O)N1CCCN(S(=O)(=O)Cc2ccccc2)CC1. The van der Waals surface area contributed by atoms with Gasteiger partial charge in [0.2, 0.25) is 20.0 Å². The van der Waals surface area contributed by atoms with Crippen LogP contribution in [0.1, 0.15) is 23.4 Å². The number of rotatable bonds is 5. The summed E-state index contributed by atoms with van der Waals surface area (Å²) >= 11 is 0. The van der Waals surface area contributed by atoms with Gasteiger partial charge in [-0.15, -0.1) is 0 Å². The lowest BCUT2D eigenvalue weighted by Gasteiger charge is -2.22. The zero-order valence-corrected chi connectivity index (χ0v) is 17.1. The van der Waals surface area contributed by atoms with Gasteiger partial charge in [0.05, 0.1) is 17.1 Å². The first-order chi connectivity index (χ1) is 12.7. The number of H-pyrrole nitrogens is 1. The standard InChI is InChI=1S/C17H24N4O4S2/c1-14-17(15(2)19-18-14)27(24,25)21-10-6-9-20(11-12-21)26(22,23)13-16-7-4-3-5-8-16/h3-5,7-8H,6,9-13H2,1-2H3,(H,18,19). The van der Waals surface area contributed by atoms with E-state index in [9.17, 15) is 16.8 Å². The molecule has 10 heteroatoms. The number of nitrogens with one attached hydrogen (secondary N) is 1. The Hall–Kier alpha value is -1.75. The monoisotopic (exact) mass is 412 g/mol. The Morgan fingerprint density at radius 1 is 0.963 bits per heavy atom. The highest BCUT2D eigenvalue weighted by molar-refractivity contribution is 7.89. The molecule has 1 fully saturated rings. The van der Waals surface area contributed by atoms with Crippen molar-refractivity contribution in [1.82, 2.24) is 18.8 Å². The predicted molar refractivity (Wildman–Crippen MR) is 102 cm³/mol. The fourth-order valence-corrected chi connectivity index (χ4v) is 6.68. The molecule has 3 rings (SSSR count). The molecule has 1 saturated heterocycles. The number of hydrogen-bond donors (Lipinski definition) is 1. The lowest BCUT2D eigenvalue weighted by atomic mass is 10.2. The molecule has 1 aromatic heterocycles. The van der Waals surface area contributed by atoms with Crippen LogP contribution in [0.3, 0.4) is 0 Å². The van der Waals surface area contributed by atoms with E-state index in [0.29, 0.717) is 24.4 Å². The molecule has 0 aliphatic carbocycles. The van der Waals surface area contributed by atoms with Crippen LogP contribution in [0.2, 0.25) is 0 Å². The fraction of sp³-hybridized carbons (Fsp3) is 0.471. The molecule has 0 bridgehead atoms. The summed E-state index contributed by atoms with van der Waals surface area (Å²) in [6.07, 6.45) is 0.448. The van der Waals surface area contributed by atoms with Crippen LogP contribution in [0.4, 0.5) is 0 Å². The average molecular weight is 413 g/mol. The van der Waals surface area contributed by atoms with Crippen molar-refractivity contribution in [2.45, 2.75) is 30.9 Å². The summed E-state index contributed by atoms with van der Waals surface area (Å²) in [4.78, 5) is 0.183. The van der Waals surface area contributed by atoms with Gasteiger partial charge in [0.25, 0.3) is 0 Å². The largest absolute Gasteiger partial charge is 0.281 e. The summed E-state index contributed by atoms with van der Waals surface area (Å²) in [5.74, 6) is -0.0828. The molecule has 0 amide bonds. The summed E-state index contributed by atoms with van der Waals surface area (Å²) in [5, 5.41) is 6.66. The molecule has 27 heavy (non-hydrogen) atoms. The molecule has 2 aromatic rings. The highest BCUT2D eigenvalue weighted by Crippen LogP contribution is 2.23. The van der Waals surface area contributed by atoms with E-state index in [4.69, 9.17) is 0 Å². The van der Waals surface area contributed by atoms with E-state index in [1.165, 1.54) is 8.61 Å². The van der Waals surface area contributed by atoms with Gasteiger partial charge in [0.1, 0.15) is 4.90 Å². The first-order valence-electron chi connectivity index (χ1n) is 8.75. The van der Waals surface area contributed by atoms with Gasteiger partial charge < -0.3 is 0 Å². The molecule has 1 aromatic carbocycles. The summed E-state index contributed by atoms with van der Waals surface area (Å²) in [6.45, 7) is 4.17. The molecular formula is C17H24N4O4S2. The van der Waals surface area contributed by atoms with Gasteiger partial charge in [0.15, 0.2) is 0 Å². The average Bonchev–Trinajstić information content (AvgIpc) is 2.82. The second kappa shape index (κ2) is 7.70. The third-order valence-electron chi connectivity index (χ3n) is 4.66. The first kappa shape index (κ1) is 20.0. The van der Waals surface area contributed by atoms with E-state index in [1.54, 1.807) is 38.1 Å². The van der Waals surface area contributed by atoms with Crippen LogP contribution in [0.15, 0.2) is 35.2 Å². The zero-order chi connectivity index (χ0) is 19.7. The van der Waals surface area contributed by atoms with E-state index in [1.807, 2.05) is 6.07 Å². The molecular weight excluding hydrogens is 388 g/mol. The van der Waals surface area contributed by atoms with E-state index in [-0.39, 0.29) is 30.3 Å². The van der Waals surface area contributed by atoms with E-state index >= 15 is 0 Å². The topological polar surface area (TPSA) is 103 Å². The van der Waals surface area contributed by atoms with E-state index in [0.717, 1.165) is 5.56 Å². The Morgan fingerprint density at radius 3 is 2.22 bits per heavy atom. The first-order valence-corrected chi connectivity index (χ1v) is 11.8. The highest BCUT2D eigenvalue weighted by atomic mass is 32.2. The molecule has 0 radical (unpaired) electrons. The Balaban J connectivity index is 1.76. The summed E-state index contributed by atoms with van der Waals surface area (Å²) < 4.78 is 54.2. The smallest absolute Gasteiger partial charge is 0.246 e. The van der Waals surface area contributed by atoms with Crippen molar-refractivity contribution >= 4 is 20.0 Å². The highest BCUT2D eigenvalue weighted by Gasteiger charge is 2.33. The second-order valence-corrected chi connectivity index (χ2v) is 10.5. The van der Waals surface area contributed by atoms with Crippen molar-refractivity contribution in [3.8, 4) is 0 Å². The van der Waals surface area contributed by atoms with Crippen molar-refractivity contribution in [1.29, 1.82) is 0 Å². The van der Waals surface area contributed by atoms with Crippen LogP contribution in [0.5, 0.6) is 0 Å². The van der Waals surface area contributed by atoms with Crippen LogP contribution < -0.4 is 0 Å². The van der Waals surface area contributed by atoms with Crippen LogP contribution in [-0.4, -0.2) is 61.8 Å². The maximum atomic E-state index is 13.0. The minimum absolute atomic E-state index is 0.0828. The lowest BCUT2D eigenvalue weighted by Crippen LogP contribution is -2.38. The van der Waals surface area contributed by atoms with Gasteiger partial charge in [-0.05, 0) is 25.8 Å². The molecule has 1 aliphatic rings. The number of hydrogen-bond acceptors (Lipinski definition) is 5. The van der Waals surface area contributed by atoms with E-state index < -0.39 is 20.0 Å². The molecule has 0 spiro atoms. The minimum Gasteiger partial charge on any atom is -0.281 e.